The molecule has 1 heterocycles. The van der Waals surface area contributed by atoms with Crippen LogP contribution in [0.2, 0.25) is 0 Å². The minimum Gasteiger partial charge on any atom is -0.338 e. The first-order valence-electron chi connectivity index (χ1n) is 5.80. The second-order valence-corrected chi connectivity index (χ2v) is 6.13. The van der Waals surface area contributed by atoms with Gasteiger partial charge in [0.15, 0.2) is 0 Å². The van der Waals surface area contributed by atoms with Crippen molar-refractivity contribution in [2.75, 3.05) is 19.6 Å². The molecule has 1 unspecified atom stereocenters. The van der Waals surface area contributed by atoms with Crippen LogP contribution in [0.1, 0.15) is 23.7 Å². The number of hydrogen-bond acceptors (Lipinski definition) is 2. The highest BCUT2D eigenvalue weighted by Crippen LogP contribution is 2.30. The van der Waals surface area contributed by atoms with Crippen molar-refractivity contribution < 1.29 is 4.79 Å². The number of hydrogen-bond donors (Lipinski definition) is 1. The highest BCUT2D eigenvalue weighted by Gasteiger charge is 2.35. The van der Waals surface area contributed by atoms with Crippen LogP contribution in [-0.4, -0.2) is 30.4 Å². The van der Waals surface area contributed by atoms with E-state index in [1.54, 1.807) is 0 Å². The zero-order chi connectivity index (χ0) is 12.5. The largest absolute Gasteiger partial charge is 0.338 e. The lowest BCUT2D eigenvalue weighted by Gasteiger charge is -2.22. The van der Waals surface area contributed by atoms with Gasteiger partial charge in [0.25, 0.3) is 5.91 Å². The van der Waals surface area contributed by atoms with Crippen molar-refractivity contribution in [1.29, 1.82) is 0 Å². The van der Waals surface area contributed by atoms with E-state index in [2.05, 4.69) is 29.5 Å². The fourth-order valence-electron chi connectivity index (χ4n) is 2.17. The van der Waals surface area contributed by atoms with E-state index in [-0.39, 0.29) is 23.7 Å². The molecule has 0 saturated carbocycles. The summed E-state index contributed by atoms with van der Waals surface area (Å²) >= 11 is 2.21. The third-order valence-corrected chi connectivity index (χ3v) is 4.38. The predicted octanol–water partition coefficient (Wildman–Crippen LogP) is 2.52. The topological polar surface area (TPSA) is 46.3 Å². The average Bonchev–Trinajstić information content (AvgIpc) is 2.73. The molecule has 0 bridgehead atoms. The third kappa shape index (κ3) is 3.16. The molecule has 1 saturated heterocycles. The van der Waals surface area contributed by atoms with Crippen molar-refractivity contribution in [3.63, 3.8) is 0 Å². The number of carbonyl (C=O) groups excluding carboxylic acids is 1. The molecule has 1 aliphatic heterocycles. The first kappa shape index (κ1) is 15.7. The molecular weight excluding hydrogens is 363 g/mol. The molecule has 1 aromatic rings. The summed E-state index contributed by atoms with van der Waals surface area (Å²) in [6, 6.07) is 7.72. The summed E-state index contributed by atoms with van der Waals surface area (Å²) in [6.07, 6.45) is 0.999. The Hall–Kier alpha value is -0.330. The van der Waals surface area contributed by atoms with Crippen LogP contribution < -0.4 is 5.73 Å². The van der Waals surface area contributed by atoms with Gasteiger partial charge in [-0.3, -0.25) is 4.79 Å². The maximum atomic E-state index is 12.4. The van der Waals surface area contributed by atoms with Crippen LogP contribution in [0, 0.1) is 8.99 Å². The summed E-state index contributed by atoms with van der Waals surface area (Å²) in [7, 11) is 0. The van der Waals surface area contributed by atoms with Gasteiger partial charge in [-0.2, -0.15) is 0 Å². The number of benzene rings is 1. The van der Waals surface area contributed by atoms with Crippen LogP contribution in [-0.2, 0) is 0 Å². The summed E-state index contributed by atoms with van der Waals surface area (Å²) in [4.78, 5) is 14.3. The van der Waals surface area contributed by atoms with Crippen molar-refractivity contribution in [3.8, 4) is 0 Å². The molecule has 0 spiro atoms. The van der Waals surface area contributed by atoms with Gasteiger partial charge < -0.3 is 10.6 Å². The Bertz CT molecular complexity index is 441. The molecule has 18 heavy (non-hydrogen) atoms. The molecule has 1 aromatic carbocycles. The standard InChI is InChI=1S/C13H17IN2O.ClH/c1-13(8-15)6-7-16(9-13)12(17)10-4-2-3-5-11(10)14;/h2-5H,6-9,15H2,1H3;1H. The van der Waals surface area contributed by atoms with E-state index < -0.39 is 0 Å². The molecule has 1 fully saturated rings. The second kappa shape index (κ2) is 6.21. The fourth-order valence-corrected chi connectivity index (χ4v) is 2.79. The van der Waals surface area contributed by atoms with E-state index in [4.69, 9.17) is 5.73 Å². The van der Waals surface area contributed by atoms with E-state index in [1.165, 1.54) is 0 Å². The lowest BCUT2D eigenvalue weighted by atomic mass is 9.90. The quantitative estimate of drug-likeness (QED) is 0.802. The lowest BCUT2D eigenvalue weighted by Crippen LogP contribution is -2.34. The summed E-state index contributed by atoms with van der Waals surface area (Å²) in [5, 5.41) is 0. The van der Waals surface area contributed by atoms with Gasteiger partial charge in [-0.15, -0.1) is 12.4 Å². The summed E-state index contributed by atoms with van der Waals surface area (Å²) in [6.45, 7) is 4.38. The van der Waals surface area contributed by atoms with Crippen molar-refractivity contribution in [2.45, 2.75) is 13.3 Å². The second-order valence-electron chi connectivity index (χ2n) is 4.97. The Morgan fingerprint density at radius 2 is 2.17 bits per heavy atom. The van der Waals surface area contributed by atoms with Gasteiger partial charge in [0.2, 0.25) is 0 Å². The summed E-state index contributed by atoms with van der Waals surface area (Å²) in [5.74, 6) is 0.132. The van der Waals surface area contributed by atoms with Crippen molar-refractivity contribution in [3.05, 3.63) is 33.4 Å². The van der Waals surface area contributed by atoms with Crippen molar-refractivity contribution in [1.82, 2.24) is 4.90 Å². The van der Waals surface area contributed by atoms with E-state index in [9.17, 15) is 4.79 Å². The smallest absolute Gasteiger partial charge is 0.254 e. The molecule has 2 rings (SSSR count). The highest BCUT2D eigenvalue weighted by atomic mass is 127. The van der Waals surface area contributed by atoms with Crippen LogP contribution in [0.25, 0.3) is 0 Å². The number of carbonyl (C=O) groups is 1. The molecule has 5 heteroatoms. The SMILES string of the molecule is CC1(CN)CCN(C(=O)c2ccccc2I)C1.Cl. The normalized spacial score (nSPS) is 22.7. The van der Waals surface area contributed by atoms with Crippen molar-refractivity contribution in [2.24, 2.45) is 11.1 Å². The van der Waals surface area contributed by atoms with Gasteiger partial charge in [0.1, 0.15) is 0 Å². The first-order chi connectivity index (χ1) is 8.06. The molecule has 0 aromatic heterocycles. The average molecular weight is 381 g/mol. The van der Waals surface area contributed by atoms with Gasteiger partial charge in [-0.1, -0.05) is 19.1 Å². The number of likely N-dealkylation sites (tertiary alicyclic amines) is 1. The lowest BCUT2D eigenvalue weighted by molar-refractivity contribution is 0.0776. The van der Waals surface area contributed by atoms with Gasteiger partial charge >= 0.3 is 0 Å². The fraction of sp³-hybridized carbons (Fsp3) is 0.462. The molecule has 100 valence electrons. The van der Waals surface area contributed by atoms with Crippen molar-refractivity contribution >= 4 is 40.9 Å². The van der Waals surface area contributed by atoms with E-state index >= 15 is 0 Å². The monoisotopic (exact) mass is 380 g/mol. The maximum Gasteiger partial charge on any atom is 0.254 e. The molecule has 0 aliphatic carbocycles. The summed E-state index contributed by atoms with van der Waals surface area (Å²) in [5.41, 5.74) is 6.65. The van der Waals surface area contributed by atoms with Crippen LogP contribution in [0.4, 0.5) is 0 Å². The molecule has 0 radical (unpaired) electrons. The Balaban J connectivity index is 0.00000162. The number of nitrogens with zero attached hydrogens (tertiary/aromatic N) is 1. The van der Waals surface area contributed by atoms with Gasteiger partial charge in [-0.25, -0.2) is 0 Å². The minimum absolute atomic E-state index is 0. The van der Waals surface area contributed by atoms with Crippen LogP contribution >= 0.6 is 35.0 Å². The van der Waals surface area contributed by atoms with Crippen LogP contribution in [0.15, 0.2) is 24.3 Å². The Morgan fingerprint density at radius 1 is 1.50 bits per heavy atom. The van der Waals surface area contributed by atoms with E-state index in [1.807, 2.05) is 29.2 Å². The van der Waals surface area contributed by atoms with Crippen LogP contribution in [0.3, 0.4) is 0 Å². The van der Waals surface area contributed by atoms with E-state index in [0.29, 0.717) is 6.54 Å². The third-order valence-electron chi connectivity index (χ3n) is 3.44. The van der Waals surface area contributed by atoms with Gasteiger partial charge in [-0.05, 0) is 53.1 Å². The zero-order valence-electron chi connectivity index (χ0n) is 10.4. The summed E-state index contributed by atoms with van der Waals surface area (Å²) < 4.78 is 1.01. The molecule has 1 aliphatic rings. The molecule has 3 nitrogen and oxygen atoms in total. The predicted molar refractivity (Wildman–Crippen MR) is 84.1 cm³/mol. The number of amides is 1. The van der Waals surface area contributed by atoms with Gasteiger partial charge in [0, 0.05) is 16.7 Å². The molecule has 2 N–H and O–H groups in total. The molecule has 1 amide bonds. The first-order valence-corrected chi connectivity index (χ1v) is 6.87. The van der Waals surface area contributed by atoms with E-state index in [0.717, 1.165) is 28.6 Å². The Labute approximate surface area is 128 Å². The minimum atomic E-state index is 0. The number of halogens is 2. The molecular formula is C13H18ClIN2O. The zero-order valence-corrected chi connectivity index (χ0v) is 13.3. The van der Waals surface area contributed by atoms with Gasteiger partial charge in [0.05, 0.1) is 5.56 Å². The number of rotatable bonds is 2. The Kier molecular flexibility index (Phi) is 5.43. The molecule has 1 atom stereocenters. The van der Waals surface area contributed by atoms with Crippen LogP contribution in [0.5, 0.6) is 0 Å². The maximum absolute atomic E-state index is 12.4. The highest BCUT2D eigenvalue weighted by molar-refractivity contribution is 14.1. The number of nitrogens with two attached hydrogens (primary N) is 1. The Morgan fingerprint density at radius 3 is 2.72 bits per heavy atom.